The second-order valence-corrected chi connectivity index (χ2v) is 10.4. The van der Waals surface area contributed by atoms with E-state index < -0.39 is 21.7 Å². The number of amides is 1. The molecule has 1 aromatic carbocycles. The number of carbonyl (C=O) groups excluding carboxylic acids is 1. The van der Waals surface area contributed by atoms with Gasteiger partial charge in [-0.1, -0.05) is 19.9 Å². The minimum Gasteiger partial charge on any atom is -0.348 e. The second kappa shape index (κ2) is 8.89. The Morgan fingerprint density at radius 3 is 2.41 bits per heavy atom. The number of nitrogens with zero attached hydrogens (tertiary/aromatic N) is 1. The predicted molar refractivity (Wildman–Crippen MR) is 108 cm³/mol. The van der Waals surface area contributed by atoms with Crippen LogP contribution in [0.5, 0.6) is 0 Å². The first-order chi connectivity index (χ1) is 13.7. The predicted octanol–water partition coefficient (Wildman–Crippen LogP) is 3.94. The summed E-state index contributed by atoms with van der Waals surface area (Å²) in [6.45, 7) is 4.40. The van der Waals surface area contributed by atoms with E-state index in [9.17, 15) is 22.0 Å². The van der Waals surface area contributed by atoms with Crippen molar-refractivity contribution in [3.63, 3.8) is 0 Å². The van der Waals surface area contributed by atoms with Gasteiger partial charge in [-0.2, -0.15) is 4.31 Å². The fourth-order valence-corrected chi connectivity index (χ4v) is 5.88. The molecular weight excluding hydrogens is 418 g/mol. The van der Waals surface area contributed by atoms with E-state index in [0.29, 0.717) is 18.9 Å². The van der Waals surface area contributed by atoms with E-state index in [-0.39, 0.29) is 41.8 Å². The molecular formula is C20H24F2N2O3S2. The third kappa shape index (κ3) is 4.84. The number of hydrogen-bond donors (Lipinski definition) is 1. The molecule has 29 heavy (non-hydrogen) atoms. The molecule has 1 atom stereocenters. The van der Waals surface area contributed by atoms with Crippen LogP contribution in [0.4, 0.5) is 8.78 Å². The van der Waals surface area contributed by atoms with Crippen LogP contribution < -0.4 is 5.32 Å². The Balaban J connectivity index is 1.63. The molecule has 1 N–H and O–H groups in total. The third-order valence-electron chi connectivity index (χ3n) is 5.17. The van der Waals surface area contributed by atoms with Gasteiger partial charge in [-0.25, -0.2) is 17.2 Å². The molecule has 1 saturated heterocycles. The Bertz CT molecular complexity index is 954. The first-order valence-electron chi connectivity index (χ1n) is 9.49. The normalized spacial score (nSPS) is 17.4. The highest BCUT2D eigenvalue weighted by atomic mass is 32.2. The number of piperidine rings is 1. The van der Waals surface area contributed by atoms with Crippen LogP contribution in [0, 0.1) is 23.5 Å². The van der Waals surface area contributed by atoms with E-state index in [1.165, 1.54) is 4.31 Å². The summed E-state index contributed by atoms with van der Waals surface area (Å²) in [5.41, 5.74) is 0. The summed E-state index contributed by atoms with van der Waals surface area (Å²) in [4.78, 5) is 13.6. The fourth-order valence-electron chi connectivity index (χ4n) is 3.45. The zero-order chi connectivity index (χ0) is 21.2. The van der Waals surface area contributed by atoms with Crippen molar-refractivity contribution in [2.24, 2.45) is 11.8 Å². The van der Waals surface area contributed by atoms with Crippen LogP contribution in [0.25, 0.3) is 0 Å². The Morgan fingerprint density at radius 1 is 1.17 bits per heavy atom. The molecule has 1 amide bonds. The van der Waals surface area contributed by atoms with Crippen LogP contribution in [0.3, 0.4) is 0 Å². The molecule has 158 valence electrons. The van der Waals surface area contributed by atoms with Crippen molar-refractivity contribution in [3.8, 4) is 0 Å². The molecule has 9 heteroatoms. The van der Waals surface area contributed by atoms with E-state index >= 15 is 0 Å². The van der Waals surface area contributed by atoms with Gasteiger partial charge in [0.05, 0.1) is 10.9 Å². The van der Waals surface area contributed by atoms with Crippen molar-refractivity contribution in [3.05, 3.63) is 52.2 Å². The maximum absolute atomic E-state index is 13.4. The molecule has 0 aliphatic carbocycles. The minimum absolute atomic E-state index is 0.0774. The summed E-state index contributed by atoms with van der Waals surface area (Å²) in [5, 5.41) is 5.07. The SMILES string of the molecule is CC(C)C(NC(=O)C1CCN(S(=O)(=O)c2ccc(F)c(F)c2)CC1)c1cccs1. The van der Waals surface area contributed by atoms with Crippen LogP contribution in [-0.4, -0.2) is 31.7 Å². The van der Waals surface area contributed by atoms with Crippen molar-refractivity contribution in [1.82, 2.24) is 9.62 Å². The lowest BCUT2D eigenvalue weighted by molar-refractivity contribution is -0.127. The van der Waals surface area contributed by atoms with Crippen molar-refractivity contribution in [2.75, 3.05) is 13.1 Å². The molecule has 0 spiro atoms. The van der Waals surface area contributed by atoms with E-state index in [2.05, 4.69) is 5.32 Å². The Labute approximate surface area is 173 Å². The number of halogens is 2. The summed E-state index contributed by atoms with van der Waals surface area (Å²) < 4.78 is 53.1. The number of nitrogens with one attached hydrogen (secondary N) is 1. The van der Waals surface area contributed by atoms with E-state index in [4.69, 9.17) is 0 Å². The highest BCUT2D eigenvalue weighted by molar-refractivity contribution is 7.89. The number of carbonyl (C=O) groups is 1. The van der Waals surface area contributed by atoms with E-state index in [1.807, 2.05) is 31.4 Å². The molecule has 0 saturated carbocycles. The number of thiophene rings is 1. The third-order valence-corrected chi connectivity index (χ3v) is 8.02. The van der Waals surface area contributed by atoms with Gasteiger partial charge in [-0.05, 0) is 48.4 Å². The molecule has 2 heterocycles. The molecule has 1 aromatic heterocycles. The van der Waals surface area contributed by atoms with Gasteiger partial charge in [0.2, 0.25) is 15.9 Å². The Hall–Kier alpha value is -1.84. The number of rotatable bonds is 6. The summed E-state index contributed by atoms with van der Waals surface area (Å²) >= 11 is 1.59. The molecule has 3 rings (SSSR count). The van der Waals surface area contributed by atoms with Crippen LogP contribution in [-0.2, 0) is 14.8 Å². The monoisotopic (exact) mass is 442 g/mol. The molecule has 5 nitrogen and oxygen atoms in total. The van der Waals surface area contributed by atoms with Crippen LogP contribution in [0.1, 0.15) is 37.6 Å². The van der Waals surface area contributed by atoms with Crippen molar-refractivity contribution in [1.29, 1.82) is 0 Å². The maximum atomic E-state index is 13.4. The van der Waals surface area contributed by atoms with E-state index in [0.717, 1.165) is 17.0 Å². The molecule has 2 aromatic rings. The van der Waals surface area contributed by atoms with Crippen LogP contribution in [0.15, 0.2) is 40.6 Å². The molecule has 0 bridgehead atoms. The fraction of sp³-hybridized carbons (Fsp3) is 0.450. The van der Waals surface area contributed by atoms with Crippen molar-refractivity contribution < 1.29 is 22.0 Å². The summed E-state index contributed by atoms with van der Waals surface area (Å²) in [5.74, 6) is -2.43. The van der Waals surface area contributed by atoms with Crippen molar-refractivity contribution in [2.45, 2.75) is 37.6 Å². The molecule has 1 aliphatic rings. The first kappa shape index (κ1) is 21.9. The van der Waals surface area contributed by atoms with Gasteiger partial charge in [0, 0.05) is 23.9 Å². The zero-order valence-corrected chi connectivity index (χ0v) is 17.9. The number of hydrogen-bond acceptors (Lipinski definition) is 4. The van der Waals surface area contributed by atoms with Crippen molar-refractivity contribution >= 4 is 27.3 Å². The van der Waals surface area contributed by atoms with Gasteiger partial charge in [-0.3, -0.25) is 4.79 Å². The Morgan fingerprint density at radius 2 is 1.86 bits per heavy atom. The average molecular weight is 443 g/mol. The lowest BCUT2D eigenvalue weighted by Crippen LogP contribution is -2.44. The Kier molecular flexibility index (Phi) is 6.70. The van der Waals surface area contributed by atoms with Gasteiger partial charge >= 0.3 is 0 Å². The first-order valence-corrected chi connectivity index (χ1v) is 11.8. The lowest BCUT2D eigenvalue weighted by Gasteiger charge is -2.32. The highest BCUT2D eigenvalue weighted by Gasteiger charge is 2.33. The molecule has 0 radical (unpaired) electrons. The largest absolute Gasteiger partial charge is 0.348 e. The zero-order valence-electron chi connectivity index (χ0n) is 16.3. The summed E-state index contributed by atoms with van der Waals surface area (Å²) in [7, 11) is -3.93. The van der Waals surface area contributed by atoms with Crippen LogP contribution in [0.2, 0.25) is 0 Å². The highest BCUT2D eigenvalue weighted by Crippen LogP contribution is 2.29. The lowest BCUT2D eigenvalue weighted by atomic mass is 9.95. The standard InChI is InChI=1S/C20H24F2N2O3S2/c1-13(2)19(18-4-3-11-28-18)23-20(25)14-7-9-24(10-8-14)29(26,27)15-5-6-16(21)17(22)12-15/h3-6,11-14,19H,7-10H2,1-2H3,(H,23,25). The number of sulfonamides is 1. The summed E-state index contributed by atoms with van der Waals surface area (Å²) in [6.07, 6.45) is 0.758. The van der Waals surface area contributed by atoms with Gasteiger partial charge in [0.25, 0.3) is 0 Å². The summed E-state index contributed by atoms with van der Waals surface area (Å²) in [6, 6.07) is 6.42. The second-order valence-electron chi connectivity index (χ2n) is 7.50. The molecule has 1 unspecified atom stereocenters. The topological polar surface area (TPSA) is 66.5 Å². The van der Waals surface area contributed by atoms with Gasteiger partial charge in [0.15, 0.2) is 11.6 Å². The average Bonchev–Trinajstić information content (AvgIpc) is 3.22. The minimum atomic E-state index is -3.93. The number of benzene rings is 1. The van der Waals surface area contributed by atoms with E-state index in [1.54, 1.807) is 11.3 Å². The molecule has 1 aliphatic heterocycles. The smallest absolute Gasteiger partial charge is 0.243 e. The quantitative estimate of drug-likeness (QED) is 0.737. The maximum Gasteiger partial charge on any atom is 0.243 e. The van der Waals surface area contributed by atoms with Gasteiger partial charge in [0.1, 0.15) is 0 Å². The van der Waals surface area contributed by atoms with Gasteiger partial charge < -0.3 is 5.32 Å². The van der Waals surface area contributed by atoms with Gasteiger partial charge in [-0.15, -0.1) is 11.3 Å². The molecule has 1 fully saturated rings. The van der Waals surface area contributed by atoms with Crippen LogP contribution >= 0.6 is 11.3 Å².